The van der Waals surface area contributed by atoms with E-state index in [0.29, 0.717) is 29.9 Å². The van der Waals surface area contributed by atoms with E-state index in [1.807, 2.05) is 12.1 Å². The predicted molar refractivity (Wildman–Crippen MR) is 89.7 cm³/mol. The van der Waals surface area contributed by atoms with Gasteiger partial charge in [-0.15, -0.1) is 0 Å². The molecule has 0 aliphatic rings. The molecule has 0 saturated carbocycles. The Bertz CT molecular complexity index is 410. The lowest BCUT2D eigenvalue weighted by Crippen LogP contribution is -2.06. The summed E-state index contributed by atoms with van der Waals surface area (Å²) >= 11 is 10.6. The van der Waals surface area contributed by atoms with Crippen LogP contribution in [0.5, 0.6) is 11.5 Å². The highest BCUT2D eigenvalue weighted by Crippen LogP contribution is 2.34. The van der Waals surface area contributed by atoms with Crippen molar-refractivity contribution in [2.75, 3.05) is 19.0 Å². The van der Waals surface area contributed by atoms with Crippen LogP contribution in [0.4, 0.5) is 0 Å². The fourth-order valence-electron chi connectivity index (χ4n) is 1.84. The van der Waals surface area contributed by atoms with E-state index in [-0.39, 0.29) is 0 Å². The van der Waals surface area contributed by atoms with E-state index in [4.69, 9.17) is 21.1 Å². The molecule has 2 nitrogen and oxygen atoms in total. The minimum atomic E-state index is 0.487. The molecule has 0 heterocycles. The molecular weight excluding hydrogens is 292 g/mol. The smallest absolute Gasteiger partial charge is 0.141 e. The molecular formula is C16H25ClO2S. The highest BCUT2D eigenvalue weighted by atomic mass is 35.5. The van der Waals surface area contributed by atoms with Crippen molar-refractivity contribution in [3.8, 4) is 11.5 Å². The quantitative estimate of drug-likeness (QED) is 0.644. The molecule has 1 rings (SSSR count). The molecule has 0 aromatic heterocycles. The summed E-state index contributed by atoms with van der Waals surface area (Å²) in [6, 6.07) is 3.89. The first-order chi connectivity index (χ1) is 9.62. The van der Waals surface area contributed by atoms with E-state index in [1.165, 1.54) is 0 Å². The minimum absolute atomic E-state index is 0.487. The van der Waals surface area contributed by atoms with Crippen LogP contribution in [-0.4, -0.2) is 19.0 Å². The Labute approximate surface area is 133 Å². The number of halogens is 1. The third-order valence-corrected chi connectivity index (χ3v) is 3.84. The van der Waals surface area contributed by atoms with Crippen molar-refractivity contribution in [2.45, 2.75) is 40.0 Å². The molecule has 0 fully saturated rings. The van der Waals surface area contributed by atoms with Gasteiger partial charge in [-0.25, -0.2) is 0 Å². The van der Waals surface area contributed by atoms with Crippen LogP contribution in [0.1, 0.15) is 39.2 Å². The van der Waals surface area contributed by atoms with Gasteiger partial charge >= 0.3 is 0 Å². The van der Waals surface area contributed by atoms with E-state index in [1.54, 1.807) is 0 Å². The molecule has 0 spiro atoms. The number of rotatable bonds is 9. The number of hydrogen-bond acceptors (Lipinski definition) is 3. The maximum atomic E-state index is 6.30. The van der Waals surface area contributed by atoms with E-state index >= 15 is 0 Å². The van der Waals surface area contributed by atoms with E-state index < -0.39 is 0 Å². The fraction of sp³-hybridized carbons (Fsp3) is 0.625. The first kappa shape index (κ1) is 17.5. The van der Waals surface area contributed by atoms with Crippen molar-refractivity contribution in [3.05, 3.63) is 22.7 Å². The van der Waals surface area contributed by atoms with E-state index in [9.17, 15) is 0 Å². The summed E-state index contributed by atoms with van der Waals surface area (Å²) in [5.41, 5.74) is 1.13. The lowest BCUT2D eigenvalue weighted by atomic mass is 10.0. The van der Waals surface area contributed by atoms with Gasteiger partial charge in [0, 0.05) is 6.07 Å². The molecule has 20 heavy (non-hydrogen) atoms. The third-order valence-electron chi connectivity index (χ3n) is 2.92. The van der Waals surface area contributed by atoms with Crippen LogP contribution in [0, 0.1) is 5.92 Å². The summed E-state index contributed by atoms with van der Waals surface area (Å²) in [4.78, 5) is 0. The standard InChI is InChI=1S/C16H25ClO2S/c1-4-6-18-15-10-16(19-7-5-2)14(17)9-13(15)8-12(3)11-20/h9-10,12,20H,4-8,11H2,1-3H3. The Morgan fingerprint density at radius 3 is 2.25 bits per heavy atom. The van der Waals surface area contributed by atoms with Crippen molar-refractivity contribution < 1.29 is 9.47 Å². The Hall–Kier alpha value is -0.540. The fourth-order valence-corrected chi connectivity index (χ4v) is 2.21. The number of thiol groups is 1. The molecule has 0 saturated heterocycles. The van der Waals surface area contributed by atoms with Crippen LogP contribution in [0.3, 0.4) is 0 Å². The number of ether oxygens (including phenoxy) is 2. The van der Waals surface area contributed by atoms with Gasteiger partial charge in [0.1, 0.15) is 11.5 Å². The second kappa shape index (κ2) is 9.41. The highest BCUT2D eigenvalue weighted by Gasteiger charge is 2.13. The topological polar surface area (TPSA) is 18.5 Å². The summed E-state index contributed by atoms with van der Waals surface area (Å²) in [6.45, 7) is 7.72. The number of hydrogen-bond donors (Lipinski definition) is 1. The average Bonchev–Trinajstić information content (AvgIpc) is 2.45. The van der Waals surface area contributed by atoms with Crippen molar-refractivity contribution >= 4 is 24.2 Å². The van der Waals surface area contributed by atoms with Gasteiger partial charge in [0.15, 0.2) is 0 Å². The van der Waals surface area contributed by atoms with E-state index in [0.717, 1.165) is 36.3 Å². The lowest BCUT2D eigenvalue weighted by molar-refractivity contribution is 0.299. The summed E-state index contributed by atoms with van der Waals surface area (Å²) in [5.74, 6) is 2.93. The van der Waals surface area contributed by atoms with Gasteiger partial charge in [-0.2, -0.15) is 12.6 Å². The summed E-state index contributed by atoms with van der Waals surface area (Å²) < 4.78 is 11.5. The molecule has 0 amide bonds. The van der Waals surface area contributed by atoms with E-state index in [2.05, 4.69) is 33.4 Å². The van der Waals surface area contributed by atoms with Gasteiger partial charge in [0.05, 0.1) is 18.2 Å². The zero-order valence-corrected chi connectivity index (χ0v) is 14.3. The van der Waals surface area contributed by atoms with Crippen LogP contribution in [0.15, 0.2) is 12.1 Å². The normalized spacial score (nSPS) is 12.2. The molecule has 1 aromatic rings. The molecule has 0 radical (unpaired) electrons. The maximum Gasteiger partial charge on any atom is 0.141 e. The minimum Gasteiger partial charge on any atom is -0.493 e. The van der Waals surface area contributed by atoms with Crippen LogP contribution in [0.2, 0.25) is 5.02 Å². The van der Waals surface area contributed by atoms with Crippen LogP contribution in [0.25, 0.3) is 0 Å². The zero-order chi connectivity index (χ0) is 15.0. The highest BCUT2D eigenvalue weighted by molar-refractivity contribution is 7.80. The van der Waals surface area contributed by atoms with Gasteiger partial charge in [-0.1, -0.05) is 32.4 Å². The van der Waals surface area contributed by atoms with Gasteiger partial charge in [0.2, 0.25) is 0 Å². The number of benzene rings is 1. The van der Waals surface area contributed by atoms with Crippen molar-refractivity contribution in [3.63, 3.8) is 0 Å². The molecule has 1 atom stereocenters. The largest absolute Gasteiger partial charge is 0.493 e. The van der Waals surface area contributed by atoms with Gasteiger partial charge < -0.3 is 9.47 Å². The van der Waals surface area contributed by atoms with Gasteiger partial charge in [-0.3, -0.25) is 0 Å². The lowest BCUT2D eigenvalue weighted by Gasteiger charge is -2.17. The first-order valence-corrected chi connectivity index (χ1v) is 8.32. The zero-order valence-electron chi connectivity index (χ0n) is 12.6. The molecule has 0 aliphatic carbocycles. The predicted octanol–water partition coefficient (Wildman–Crippen LogP) is 5.03. The van der Waals surface area contributed by atoms with Crippen LogP contribution >= 0.6 is 24.2 Å². The summed E-state index contributed by atoms with van der Waals surface area (Å²) in [6.07, 6.45) is 2.85. The SMILES string of the molecule is CCCOc1cc(OCCC)c(CC(C)CS)cc1Cl. The summed E-state index contributed by atoms with van der Waals surface area (Å²) in [7, 11) is 0. The van der Waals surface area contributed by atoms with Crippen LogP contribution in [-0.2, 0) is 6.42 Å². The Kier molecular flexibility index (Phi) is 8.24. The van der Waals surface area contributed by atoms with Gasteiger partial charge in [-0.05, 0) is 42.6 Å². The van der Waals surface area contributed by atoms with Crippen LogP contribution < -0.4 is 9.47 Å². The first-order valence-electron chi connectivity index (χ1n) is 7.31. The van der Waals surface area contributed by atoms with Crippen molar-refractivity contribution in [2.24, 2.45) is 5.92 Å². The second-order valence-corrected chi connectivity index (χ2v) is 5.85. The molecule has 0 N–H and O–H groups in total. The Balaban J connectivity index is 2.97. The summed E-state index contributed by atoms with van der Waals surface area (Å²) in [5, 5.41) is 0.656. The van der Waals surface area contributed by atoms with Crippen molar-refractivity contribution in [1.29, 1.82) is 0 Å². The monoisotopic (exact) mass is 316 g/mol. The molecule has 0 bridgehead atoms. The molecule has 0 aliphatic heterocycles. The molecule has 1 unspecified atom stereocenters. The third kappa shape index (κ3) is 5.45. The maximum absolute atomic E-state index is 6.30. The average molecular weight is 317 g/mol. The van der Waals surface area contributed by atoms with Crippen molar-refractivity contribution in [1.82, 2.24) is 0 Å². The molecule has 114 valence electrons. The molecule has 1 aromatic carbocycles. The van der Waals surface area contributed by atoms with Gasteiger partial charge in [0.25, 0.3) is 0 Å². The molecule has 4 heteroatoms. The Morgan fingerprint density at radius 2 is 1.70 bits per heavy atom. The Morgan fingerprint density at radius 1 is 1.10 bits per heavy atom. The second-order valence-electron chi connectivity index (χ2n) is 5.08.